The van der Waals surface area contributed by atoms with Crippen LogP contribution in [0.15, 0.2) is 36.9 Å². The summed E-state index contributed by atoms with van der Waals surface area (Å²) in [6.45, 7) is 3.20. The van der Waals surface area contributed by atoms with Crippen molar-refractivity contribution in [3.8, 4) is 0 Å². The van der Waals surface area contributed by atoms with E-state index in [1.165, 1.54) is 0 Å². The van der Waals surface area contributed by atoms with Gasteiger partial charge in [0, 0.05) is 51.0 Å². The van der Waals surface area contributed by atoms with Gasteiger partial charge in [-0.05, 0) is 12.1 Å². The van der Waals surface area contributed by atoms with Crippen LogP contribution in [0, 0.1) is 0 Å². The molecule has 0 radical (unpaired) electrons. The number of hydrogen-bond donors (Lipinski definition) is 0. The molecule has 7 nitrogen and oxygen atoms in total. The van der Waals surface area contributed by atoms with E-state index in [-0.39, 0.29) is 5.91 Å². The van der Waals surface area contributed by atoms with Gasteiger partial charge in [0.15, 0.2) is 0 Å². The Bertz CT molecular complexity index is 548. The minimum Gasteiger partial charge on any atom is -0.338 e. The number of piperazine rings is 1. The molecular formula is C13H16N6O. The first-order chi connectivity index (χ1) is 9.83. The van der Waals surface area contributed by atoms with Gasteiger partial charge in [0.25, 0.3) is 0 Å². The van der Waals surface area contributed by atoms with Crippen molar-refractivity contribution in [1.29, 1.82) is 0 Å². The maximum atomic E-state index is 12.1. The molecule has 104 valence electrons. The van der Waals surface area contributed by atoms with Gasteiger partial charge in [0.05, 0.1) is 0 Å². The van der Waals surface area contributed by atoms with Crippen LogP contribution >= 0.6 is 0 Å². The average Bonchev–Trinajstić information content (AvgIpc) is 3.01. The summed E-state index contributed by atoms with van der Waals surface area (Å²) in [5.41, 5.74) is 0. The zero-order valence-electron chi connectivity index (χ0n) is 11.1. The number of aromatic nitrogens is 4. The zero-order chi connectivity index (χ0) is 13.8. The number of anilines is 1. The lowest BCUT2D eigenvalue weighted by molar-refractivity contribution is -0.132. The van der Waals surface area contributed by atoms with E-state index in [0.717, 1.165) is 19.0 Å². The van der Waals surface area contributed by atoms with E-state index in [0.29, 0.717) is 19.6 Å². The summed E-state index contributed by atoms with van der Waals surface area (Å²) >= 11 is 0. The van der Waals surface area contributed by atoms with E-state index in [9.17, 15) is 4.79 Å². The molecule has 0 atom stereocenters. The first-order valence-electron chi connectivity index (χ1n) is 6.60. The molecule has 0 aromatic carbocycles. The third-order valence-electron chi connectivity index (χ3n) is 3.32. The molecule has 0 saturated carbocycles. The van der Waals surface area contributed by atoms with Crippen molar-refractivity contribution in [3.05, 3.63) is 36.9 Å². The number of carbonyl (C=O) groups excluding carboxylic acids is 1. The van der Waals surface area contributed by atoms with Gasteiger partial charge in [-0.2, -0.15) is 5.10 Å². The van der Waals surface area contributed by atoms with Crippen LogP contribution in [0.1, 0.15) is 0 Å². The molecule has 3 rings (SSSR count). The van der Waals surface area contributed by atoms with Crippen molar-refractivity contribution in [1.82, 2.24) is 24.6 Å². The van der Waals surface area contributed by atoms with Gasteiger partial charge in [0.2, 0.25) is 11.9 Å². The molecule has 1 saturated heterocycles. The number of nitrogens with zero attached hydrogens (tertiary/aromatic N) is 6. The van der Waals surface area contributed by atoms with Gasteiger partial charge in [-0.3, -0.25) is 9.48 Å². The highest BCUT2D eigenvalue weighted by molar-refractivity contribution is 5.76. The van der Waals surface area contributed by atoms with Crippen LogP contribution in [0.3, 0.4) is 0 Å². The van der Waals surface area contributed by atoms with Gasteiger partial charge in [-0.1, -0.05) is 0 Å². The predicted molar refractivity (Wildman–Crippen MR) is 73.1 cm³/mol. The van der Waals surface area contributed by atoms with Gasteiger partial charge in [-0.25, -0.2) is 9.97 Å². The molecule has 1 fully saturated rings. The molecule has 1 aliphatic rings. The predicted octanol–water partition coefficient (Wildman–Crippen LogP) is 0.0219. The standard InChI is InChI=1S/C13H16N6O/c20-12(11-19-6-2-5-16-19)17-7-9-18(10-8-17)13-14-3-1-4-15-13/h1-6H,7-11H2. The molecule has 1 aliphatic heterocycles. The van der Waals surface area contributed by atoms with Crippen molar-refractivity contribution in [2.24, 2.45) is 0 Å². The maximum Gasteiger partial charge on any atom is 0.244 e. The van der Waals surface area contributed by atoms with Crippen LogP contribution in [-0.2, 0) is 11.3 Å². The number of rotatable bonds is 3. The molecule has 7 heteroatoms. The van der Waals surface area contributed by atoms with Crippen molar-refractivity contribution in [3.63, 3.8) is 0 Å². The summed E-state index contributed by atoms with van der Waals surface area (Å²) in [4.78, 5) is 24.5. The third-order valence-corrected chi connectivity index (χ3v) is 3.32. The highest BCUT2D eigenvalue weighted by Gasteiger charge is 2.22. The normalized spacial score (nSPS) is 15.4. The van der Waals surface area contributed by atoms with Crippen LogP contribution in [0.4, 0.5) is 5.95 Å². The Morgan fingerprint density at radius 3 is 2.45 bits per heavy atom. The summed E-state index contributed by atoms with van der Waals surface area (Å²) in [5.74, 6) is 0.828. The Morgan fingerprint density at radius 2 is 1.80 bits per heavy atom. The summed E-state index contributed by atoms with van der Waals surface area (Å²) < 4.78 is 1.65. The maximum absolute atomic E-state index is 12.1. The van der Waals surface area contributed by atoms with Crippen molar-refractivity contribution >= 4 is 11.9 Å². The van der Waals surface area contributed by atoms with E-state index < -0.39 is 0 Å². The van der Waals surface area contributed by atoms with Crippen molar-refractivity contribution in [2.45, 2.75) is 6.54 Å². The SMILES string of the molecule is O=C(Cn1cccn1)N1CCN(c2ncccn2)CC1. The number of carbonyl (C=O) groups is 1. The molecule has 2 aromatic rings. The number of amides is 1. The van der Waals surface area contributed by atoms with Gasteiger partial charge in [-0.15, -0.1) is 0 Å². The van der Waals surface area contributed by atoms with E-state index in [1.807, 2.05) is 11.0 Å². The van der Waals surface area contributed by atoms with Crippen LogP contribution in [-0.4, -0.2) is 56.7 Å². The Morgan fingerprint density at radius 1 is 1.05 bits per heavy atom. The Labute approximate surface area is 116 Å². The van der Waals surface area contributed by atoms with Crippen LogP contribution in [0.2, 0.25) is 0 Å². The zero-order valence-corrected chi connectivity index (χ0v) is 11.1. The quantitative estimate of drug-likeness (QED) is 0.788. The Balaban J connectivity index is 1.54. The average molecular weight is 272 g/mol. The Kier molecular flexibility index (Phi) is 3.58. The van der Waals surface area contributed by atoms with Crippen molar-refractivity contribution in [2.75, 3.05) is 31.1 Å². The molecule has 0 bridgehead atoms. The second-order valence-electron chi connectivity index (χ2n) is 4.62. The third kappa shape index (κ3) is 2.76. The van der Waals surface area contributed by atoms with E-state index >= 15 is 0 Å². The van der Waals surface area contributed by atoms with E-state index in [1.54, 1.807) is 35.5 Å². The minimum absolute atomic E-state index is 0.0994. The van der Waals surface area contributed by atoms with Gasteiger partial charge in [0.1, 0.15) is 6.54 Å². The Hall–Kier alpha value is -2.44. The van der Waals surface area contributed by atoms with Crippen LogP contribution in [0.5, 0.6) is 0 Å². The monoisotopic (exact) mass is 272 g/mol. The molecule has 0 unspecified atom stereocenters. The van der Waals surface area contributed by atoms with Crippen LogP contribution in [0.25, 0.3) is 0 Å². The highest BCUT2D eigenvalue weighted by atomic mass is 16.2. The van der Waals surface area contributed by atoms with Crippen LogP contribution < -0.4 is 4.90 Å². The molecule has 1 amide bonds. The van der Waals surface area contributed by atoms with Crippen molar-refractivity contribution < 1.29 is 4.79 Å². The van der Waals surface area contributed by atoms with Gasteiger partial charge >= 0.3 is 0 Å². The lowest BCUT2D eigenvalue weighted by Crippen LogP contribution is -2.50. The van der Waals surface area contributed by atoms with Gasteiger partial charge < -0.3 is 9.80 Å². The fourth-order valence-corrected chi connectivity index (χ4v) is 2.24. The summed E-state index contributed by atoms with van der Waals surface area (Å²) in [5, 5.41) is 4.05. The lowest BCUT2D eigenvalue weighted by Gasteiger charge is -2.34. The number of hydrogen-bond acceptors (Lipinski definition) is 5. The minimum atomic E-state index is 0.0994. The summed E-state index contributed by atoms with van der Waals surface area (Å²) in [7, 11) is 0. The molecule has 0 N–H and O–H groups in total. The fourth-order valence-electron chi connectivity index (χ4n) is 2.24. The molecule has 0 spiro atoms. The molecule has 20 heavy (non-hydrogen) atoms. The van der Waals surface area contributed by atoms with E-state index in [4.69, 9.17) is 0 Å². The lowest BCUT2D eigenvalue weighted by atomic mass is 10.3. The fraction of sp³-hybridized carbons (Fsp3) is 0.385. The smallest absolute Gasteiger partial charge is 0.244 e. The second kappa shape index (κ2) is 5.68. The molecule has 2 aromatic heterocycles. The summed E-state index contributed by atoms with van der Waals surface area (Å²) in [6, 6.07) is 3.62. The topological polar surface area (TPSA) is 67.2 Å². The first-order valence-corrected chi connectivity index (χ1v) is 6.60. The summed E-state index contributed by atoms with van der Waals surface area (Å²) in [6.07, 6.45) is 6.94. The first kappa shape index (κ1) is 12.6. The highest BCUT2D eigenvalue weighted by Crippen LogP contribution is 2.10. The largest absolute Gasteiger partial charge is 0.338 e. The van der Waals surface area contributed by atoms with E-state index in [2.05, 4.69) is 20.0 Å². The molecule has 0 aliphatic carbocycles. The molecular weight excluding hydrogens is 256 g/mol. The second-order valence-corrected chi connectivity index (χ2v) is 4.62. The molecule has 3 heterocycles.